The predicted octanol–water partition coefficient (Wildman–Crippen LogP) is 1.33. The lowest BCUT2D eigenvalue weighted by atomic mass is 10.1. The zero-order chi connectivity index (χ0) is 22.1. The number of methoxy groups -OCH3 is 1. The Hall–Kier alpha value is -2.63. The fourth-order valence-corrected chi connectivity index (χ4v) is 3.67. The minimum atomic E-state index is -0.248. The second kappa shape index (κ2) is 11.5. The smallest absolute Gasteiger partial charge is 0.264 e. The summed E-state index contributed by atoms with van der Waals surface area (Å²) in [5, 5.41) is 12.4. The Morgan fingerprint density at radius 2 is 1.97 bits per heavy atom. The van der Waals surface area contributed by atoms with Gasteiger partial charge in [-0.05, 0) is 38.0 Å². The number of ether oxygens (including phenoxy) is 1. The third-order valence-electron chi connectivity index (χ3n) is 5.37. The molecule has 0 spiro atoms. The zero-order valence-corrected chi connectivity index (χ0v) is 18.5. The van der Waals surface area contributed by atoms with Crippen LogP contribution in [0.5, 0.6) is 0 Å². The Balaban J connectivity index is 1.96. The number of hydrogen-bond donors (Lipinski definition) is 1. The molecule has 2 amide bonds. The highest BCUT2D eigenvalue weighted by molar-refractivity contribution is 6.01. The highest BCUT2D eigenvalue weighted by Gasteiger charge is 2.25. The lowest BCUT2D eigenvalue weighted by molar-refractivity contribution is -0.129. The van der Waals surface area contributed by atoms with Crippen LogP contribution in [0.4, 0.5) is 0 Å². The number of amides is 2. The van der Waals surface area contributed by atoms with Crippen LogP contribution in [0.3, 0.4) is 0 Å². The summed E-state index contributed by atoms with van der Waals surface area (Å²) in [5.74, 6) is -0.297. The summed E-state index contributed by atoms with van der Waals surface area (Å²) in [6, 6.07) is 4.10. The van der Waals surface area contributed by atoms with Crippen LogP contribution in [0.1, 0.15) is 30.3 Å². The molecule has 0 atom stereocenters. The van der Waals surface area contributed by atoms with Crippen molar-refractivity contribution >= 4 is 17.9 Å². The van der Waals surface area contributed by atoms with Gasteiger partial charge in [-0.3, -0.25) is 14.5 Å². The maximum absolute atomic E-state index is 12.9. The Bertz CT molecular complexity index is 813. The zero-order valence-electron chi connectivity index (χ0n) is 18.5. The molecule has 8 heteroatoms. The first-order valence-corrected chi connectivity index (χ1v) is 10.5. The Kier molecular flexibility index (Phi) is 9.09. The van der Waals surface area contributed by atoms with E-state index in [1.165, 1.54) is 0 Å². The third kappa shape index (κ3) is 6.18. The van der Waals surface area contributed by atoms with Gasteiger partial charge in [0.2, 0.25) is 5.91 Å². The summed E-state index contributed by atoms with van der Waals surface area (Å²) in [7, 11) is 1.59. The van der Waals surface area contributed by atoms with Gasteiger partial charge in [0.15, 0.2) is 0 Å². The summed E-state index contributed by atoms with van der Waals surface area (Å²) in [6.07, 6.45) is 2.73. The fourth-order valence-electron chi connectivity index (χ4n) is 3.67. The average Bonchev–Trinajstić information content (AvgIpc) is 3.00. The van der Waals surface area contributed by atoms with Crippen LogP contribution >= 0.6 is 0 Å². The highest BCUT2D eigenvalue weighted by Crippen LogP contribution is 2.19. The summed E-state index contributed by atoms with van der Waals surface area (Å²) in [4.78, 5) is 28.5. The average molecular weight is 416 g/mol. The van der Waals surface area contributed by atoms with Crippen molar-refractivity contribution in [2.24, 2.45) is 0 Å². The van der Waals surface area contributed by atoms with E-state index in [2.05, 4.69) is 22.9 Å². The molecule has 0 saturated carbocycles. The molecule has 1 N–H and O–H groups in total. The van der Waals surface area contributed by atoms with Crippen LogP contribution in [0, 0.1) is 25.2 Å². The van der Waals surface area contributed by atoms with Crippen LogP contribution in [-0.4, -0.2) is 79.2 Å². The van der Waals surface area contributed by atoms with Crippen molar-refractivity contribution < 1.29 is 14.3 Å². The number of nitriles is 1. The van der Waals surface area contributed by atoms with Gasteiger partial charge in [0.25, 0.3) is 5.91 Å². The molecule has 164 valence electrons. The molecular weight excluding hydrogens is 382 g/mol. The van der Waals surface area contributed by atoms with Gasteiger partial charge in [-0.2, -0.15) is 5.26 Å². The molecule has 1 aromatic rings. The van der Waals surface area contributed by atoms with Crippen molar-refractivity contribution in [2.75, 3.05) is 53.0 Å². The first-order chi connectivity index (χ1) is 14.4. The van der Waals surface area contributed by atoms with Crippen molar-refractivity contribution in [3.8, 4) is 6.07 Å². The molecular formula is C22H33N5O3. The largest absolute Gasteiger partial charge is 0.383 e. The molecule has 30 heavy (non-hydrogen) atoms. The number of aromatic nitrogens is 1. The summed E-state index contributed by atoms with van der Waals surface area (Å²) in [6.45, 7) is 10.6. The molecule has 2 heterocycles. The molecule has 1 aliphatic heterocycles. The molecule has 2 rings (SSSR count). The minimum absolute atomic E-state index is 0.0492. The van der Waals surface area contributed by atoms with E-state index in [-0.39, 0.29) is 17.4 Å². The van der Waals surface area contributed by atoms with Gasteiger partial charge >= 0.3 is 0 Å². The van der Waals surface area contributed by atoms with Gasteiger partial charge in [0.1, 0.15) is 11.6 Å². The number of rotatable bonds is 9. The van der Waals surface area contributed by atoms with E-state index in [1.807, 2.05) is 24.8 Å². The van der Waals surface area contributed by atoms with Crippen LogP contribution in [0.15, 0.2) is 11.6 Å². The number of piperazine rings is 1. The summed E-state index contributed by atoms with van der Waals surface area (Å²) in [5.41, 5.74) is 3.26. The van der Waals surface area contributed by atoms with Crippen molar-refractivity contribution in [3.63, 3.8) is 0 Å². The lowest BCUT2D eigenvalue weighted by Gasteiger charge is -2.34. The first-order valence-electron chi connectivity index (χ1n) is 10.5. The number of hydrogen-bond acceptors (Lipinski definition) is 5. The van der Waals surface area contributed by atoms with Crippen molar-refractivity contribution in [3.05, 3.63) is 28.6 Å². The van der Waals surface area contributed by atoms with Crippen LogP contribution < -0.4 is 5.32 Å². The van der Waals surface area contributed by atoms with Gasteiger partial charge in [0.05, 0.1) is 13.2 Å². The number of carbonyl (C=O) groups excluding carboxylic acids is 2. The summed E-state index contributed by atoms with van der Waals surface area (Å²) < 4.78 is 7.13. The molecule has 1 saturated heterocycles. The van der Waals surface area contributed by atoms with E-state index in [0.29, 0.717) is 45.9 Å². The molecule has 0 radical (unpaired) electrons. The Labute approximate surface area is 179 Å². The quantitative estimate of drug-likeness (QED) is 0.373. The highest BCUT2D eigenvalue weighted by atomic mass is 16.5. The molecule has 1 aliphatic rings. The monoisotopic (exact) mass is 415 g/mol. The molecule has 0 bridgehead atoms. The topological polar surface area (TPSA) is 90.6 Å². The van der Waals surface area contributed by atoms with Gasteiger partial charge in [-0.1, -0.05) is 6.92 Å². The first kappa shape index (κ1) is 23.6. The molecule has 0 unspecified atom stereocenters. The third-order valence-corrected chi connectivity index (χ3v) is 5.37. The molecule has 1 aromatic heterocycles. The SMILES string of the molecule is CCCn1c(C)cc(/C=C(/C#N)C(=O)N2CCN(CC(=O)NCCOC)CC2)c1C. The van der Waals surface area contributed by atoms with E-state index in [0.717, 1.165) is 29.9 Å². The van der Waals surface area contributed by atoms with E-state index in [9.17, 15) is 14.9 Å². The molecule has 1 fully saturated rings. The Morgan fingerprint density at radius 1 is 1.27 bits per heavy atom. The second-order valence-corrected chi connectivity index (χ2v) is 7.56. The van der Waals surface area contributed by atoms with Crippen molar-refractivity contribution in [1.29, 1.82) is 5.26 Å². The predicted molar refractivity (Wildman–Crippen MR) is 116 cm³/mol. The van der Waals surface area contributed by atoms with Crippen LogP contribution in [-0.2, 0) is 20.9 Å². The van der Waals surface area contributed by atoms with E-state index in [4.69, 9.17) is 4.74 Å². The number of nitrogens with zero attached hydrogens (tertiary/aromatic N) is 4. The molecule has 0 aliphatic carbocycles. The Morgan fingerprint density at radius 3 is 2.57 bits per heavy atom. The van der Waals surface area contributed by atoms with Gasteiger partial charge < -0.3 is 19.5 Å². The van der Waals surface area contributed by atoms with Crippen molar-refractivity contribution in [2.45, 2.75) is 33.7 Å². The maximum atomic E-state index is 12.9. The van der Waals surface area contributed by atoms with Gasteiger partial charge in [-0.15, -0.1) is 0 Å². The van der Waals surface area contributed by atoms with Crippen LogP contribution in [0.2, 0.25) is 0 Å². The van der Waals surface area contributed by atoms with Crippen molar-refractivity contribution in [1.82, 2.24) is 19.7 Å². The standard InChI is InChI=1S/C22H33N5O3/c1-5-7-27-17(2)13-19(18(27)3)14-20(15-23)22(29)26-10-8-25(9-11-26)16-21(28)24-6-12-30-4/h13-14H,5-12,16H2,1-4H3,(H,24,28)/b20-14-. The number of aryl methyl sites for hydroxylation is 1. The second-order valence-electron chi connectivity index (χ2n) is 7.56. The van der Waals surface area contributed by atoms with E-state index >= 15 is 0 Å². The minimum Gasteiger partial charge on any atom is -0.383 e. The normalized spacial score (nSPS) is 15.2. The van der Waals surface area contributed by atoms with Crippen LogP contribution in [0.25, 0.3) is 6.08 Å². The fraction of sp³-hybridized carbons (Fsp3) is 0.591. The number of carbonyl (C=O) groups is 2. The number of nitrogens with one attached hydrogen (secondary N) is 1. The van der Waals surface area contributed by atoms with Gasteiger partial charge in [0, 0.05) is 57.8 Å². The van der Waals surface area contributed by atoms with E-state index < -0.39 is 0 Å². The maximum Gasteiger partial charge on any atom is 0.264 e. The van der Waals surface area contributed by atoms with Gasteiger partial charge in [-0.25, -0.2) is 0 Å². The summed E-state index contributed by atoms with van der Waals surface area (Å²) >= 11 is 0. The lowest BCUT2D eigenvalue weighted by Crippen LogP contribution is -2.51. The van der Waals surface area contributed by atoms with E-state index in [1.54, 1.807) is 18.1 Å². The molecule has 0 aromatic carbocycles. The molecule has 8 nitrogen and oxygen atoms in total.